The van der Waals surface area contributed by atoms with Gasteiger partial charge in [0, 0.05) is 12.1 Å². The molecule has 0 aromatic heterocycles. The van der Waals surface area contributed by atoms with E-state index in [0.29, 0.717) is 12.1 Å². The number of unbranched alkanes of at least 4 members (excludes halogenated alkanes) is 3. The number of sulfonamides is 1. The fourth-order valence-corrected chi connectivity index (χ4v) is 3.40. The van der Waals surface area contributed by atoms with Gasteiger partial charge in [-0.15, -0.1) is 0 Å². The van der Waals surface area contributed by atoms with E-state index in [9.17, 15) is 8.42 Å². The molecule has 6 heteroatoms. The summed E-state index contributed by atoms with van der Waals surface area (Å²) in [6, 6.07) is 4.63. The first-order valence-electron chi connectivity index (χ1n) is 6.99. The van der Waals surface area contributed by atoms with Crippen molar-refractivity contribution in [2.24, 2.45) is 5.73 Å². The highest BCUT2D eigenvalue weighted by molar-refractivity contribution is 7.89. The number of nitrogens with two attached hydrogens (primary N) is 1. The van der Waals surface area contributed by atoms with E-state index in [-0.39, 0.29) is 16.5 Å². The van der Waals surface area contributed by atoms with Crippen molar-refractivity contribution in [1.29, 1.82) is 0 Å². The van der Waals surface area contributed by atoms with E-state index in [2.05, 4.69) is 23.5 Å². The number of halogens is 1. The lowest BCUT2D eigenvalue weighted by Crippen LogP contribution is -2.25. The van der Waals surface area contributed by atoms with E-state index in [1.54, 1.807) is 6.07 Å². The fourth-order valence-electron chi connectivity index (χ4n) is 1.79. The van der Waals surface area contributed by atoms with Gasteiger partial charge in [0.15, 0.2) is 0 Å². The summed E-state index contributed by atoms with van der Waals surface area (Å²) < 4.78 is 26.9. The van der Waals surface area contributed by atoms with Crippen LogP contribution in [0.2, 0.25) is 5.02 Å². The third kappa shape index (κ3) is 6.06. The molecule has 0 aliphatic carbocycles. The van der Waals surface area contributed by atoms with Crippen LogP contribution in [0.5, 0.6) is 0 Å². The van der Waals surface area contributed by atoms with Gasteiger partial charge in [-0.1, -0.05) is 49.6 Å². The quantitative estimate of drug-likeness (QED) is 0.596. The van der Waals surface area contributed by atoms with E-state index in [1.807, 2.05) is 0 Å². The van der Waals surface area contributed by atoms with Gasteiger partial charge in [-0.05, 0) is 24.6 Å². The Morgan fingerprint density at radius 1 is 1.29 bits per heavy atom. The molecule has 0 heterocycles. The minimum atomic E-state index is -3.57. The average Bonchev–Trinajstić information content (AvgIpc) is 2.44. The molecular formula is C15H21ClN2O2S. The molecule has 0 aliphatic heterocycles. The second kappa shape index (κ2) is 9.06. The summed E-state index contributed by atoms with van der Waals surface area (Å²) >= 11 is 6.04. The van der Waals surface area contributed by atoms with Gasteiger partial charge >= 0.3 is 0 Å². The number of nitrogens with one attached hydrogen (secondary N) is 1. The second-order valence-electron chi connectivity index (χ2n) is 4.61. The lowest BCUT2D eigenvalue weighted by Gasteiger charge is -2.08. The summed E-state index contributed by atoms with van der Waals surface area (Å²) in [6.45, 7) is 2.78. The topological polar surface area (TPSA) is 72.2 Å². The van der Waals surface area contributed by atoms with Crippen molar-refractivity contribution in [2.75, 3.05) is 13.1 Å². The SMILES string of the molecule is CCCCCCNS(=O)(=O)c1ccc(C#CCN)cc1Cl. The Balaban J connectivity index is 2.74. The van der Waals surface area contributed by atoms with Crippen LogP contribution in [0, 0.1) is 11.8 Å². The van der Waals surface area contributed by atoms with E-state index in [4.69, 9.17) is 17.3 Å². The maximum Gasteiger partial charge on any atom is 0.242 e. The summed E-state index contributed by atoms with van der Waals surface area (Å²) in [5.74, 6) is 5.51. The van der Waals surface area contributed by atoms with Crippen molar-refractivity contribution in [3.63, 3.8) is 0 Å². The highest BCUT2D eigenvalue weighted by Gasteiger charge is 2.17. The minimum Gasteiger partial charge on any atom is -0.320 e. The van der Waals surface area contributed by atoms with Crippen LogP contribution in [-0.4, -0.2) is 21.5 Å². The zero-order valence-corrected chi connectivity index (χ0v) is 13.7. The third-order valence-electron chi connectivity index (χ3n) is 2.88. The molecule has 0 saturated heterocycles. The molecule has 21 heavy (non-hydrogen) atoms. The molecule has 0 aliphatic rings. The molecule has 0 fully saturated rings. The van der Waals surface area contributed by atoms with Crippen LogP contribution in [0.1, 0.15) is 38.2 Å². The first-order chi connectivity index (χ1) is 10.0. The Kier molecular flexibility index (Phi) is 7.76. The molecule has 0 unspecified atom stereocenters. The highest BCUT2D eigenvalue weighted by Crippen LogP contribution is 2.22. The van der Waals surface area contributed by atoms with Crippen LogP contribution >= 0.6 is 11.6 Å². The van der Waals surface area contributed by atoms with E-state index >= 15 is 0 Å². The lowest BCUT2D eigenvalue weighted by molar-refractivity contribution is 0.573. The van der Waals surface area contributed by atoms with Gasteiger partial charge in [0.05, 0.1) is 11.6 Å². The Labute approximate surface area is 132 Å². The standard InChI is InChI=1S/C15H21ClN2O2S/c1-2-3-4-5-11-18-21(19,20)15-9-8-13(7-6-10-17)12-14(15)16/h8-9,12,18H,2-5,10-11,17H2,1H3. The monoisotopic (exact) mass is 328 g/mol. The molecule has 4 nitrogen and oxygen atoms in total. The Bertz CT molecular complexity index is 618. The van der Waals surface area contributed by atoms with Crippen molar-refractivity contribution in [3.05, 3.63) is 28.8 Å². The molecular weight excluding hydrogens is 308 g/mol. The van der Waals surface area contributed by atoms with Crippen LogP contribution in [-0.2, 0) is 10.0 Å². The van der Waals surface area contributed by atoms with Crippen molar-refractivity contribution in [2.45, 2.75) is 37.5 Å². The molecule has 0 amide bonds. The van der Waals surface area contributed by atoms with Crippen LogP contribution in [0.4, 0.5) is 0 Å². The summed E-state index contributed by atoms with van der Waals surface area (Å²) in [4.78, 5) is 0.0814. The summed E-state index contributed by atoms with van der Waals surface area (Å²) in [6.07, 6.45) is 4.06. The molecule has 0 saturated carbocycles. The van der Waals surface area contributed by atoms with Crippen LogP contribution < -0.4 is 10.5 Å². The van der Waals surface area contributed by atoms with E-state index in [1.165, 1.54) is 12.1 Å². The molecule has 116 valence electrons. The zero-order chi connectivity index (χ0) is 15.7. The van der Waals surface area contributed by atoms with Gasteiger partial charge in [0.1, 0.15) is 4.90 Å². The first-order valence-corrected chi connectivity index (χ1v) is 8.85. The molecule has 0 bridgehead atoms. The van der Waals surface area contributed by atoms with Gasteiger partial charge in [-0.25, -0.2) is 13.1 Å². The van der Waals surface area contributed by atoms with Gasteiger partial charge < -0.3 is 5.73 Å². The van der Waals surface area contributed by atoms with Crippen molar-refractivity contribution >= 4 is 21.6 Å². The summed E-state index contributed by atoms with van der Waals surface area (Å²) in [7, 11) is -3.57. The molecule has 1 aromatic rings. The molecule has 0 radical (unpaired) electrons. The van der Waals surface area contributed by atoms with Crippen molar-refractivity contribution in [3.8, 4) is 11.8 Å². The van der Waals surface area contributed by atoms with Crippen LogP contribution in [0.25, 0.3) is 0 Å². The maximum atomic E-state index is 12.2. The smallest absolute Gasteiger partial charge is 0.242 e. The largest absolute Gasteiger partial charge is 0.320 e. The Morgan fingerprint density at radius 3 is 2.67 bits per heavy atom. The van der Waals surface area contributed by atoms with E-state index in [0.717, 1.165) is 25.7 Å². The van der Waals surface area contributed by atoms with Crippen molar-refractivity contribution < 1.29 is 8.42 Å². The normalized spacial score (nSPS) is 11.0. The molecule has 1 aromatic carbocycles. The predicted octanol–water partition coefficient (Wildman–Crippen LogP) is 2.51. The minimum absolute atomic E-state index is 0.0814. The Hall–Kier alpha value is -1.06. The van der Waals surface area contributed by atoms with Crippen LogP contribution in [0.3, 0.4) is 0 Å². The zero-order valence-electron chi connectivity index (χ0n) is 12.2. The van der Waals surface area contributed by atoms with Gasteiger partial charge in [-0.2, -0.15) is 0 Å². The molecule has 0 spiro atoms. The van der Waals surface area contributed by atoms with Crippen molar-refractivity contribution in [1.82, 2.24) is 4.72 Å². The number of benzene rings is 1. The summed E-state index contributed by atoms with van der Waals surface area (Å²) in [5, 5.41) is 0.167. The fraction of sp³-hybridized carbons (Fsp3) is 0.467. The molecule has 1 rings (SSSR count). The third-order valence-corrected chi connectivity index (χ3v) is 4.82. The lowest BCUT2D eigenvalue weighted by atomic mass is 10.2. The summed E-state index contributed by atoms with van der Waals surface area (Å²) in [5.41, 5.74) is 5.94. The maximum absolute atomic E-state index is 12.2. The molecule has 0 atom stereocenters. The van der Waals surface area contributed by atoms with Gasteiger partial charge in [0.2, 0.25) is 10.0 Å². The number of hydrogen-bond acceptors (Lipinski definition) is 3. The number of hydrogen-bond donors (Lipinski definition) is 2. The first kappa shape index (κ1) is 18.0. The van der Waals surface area contributed by atoms with Gasteiger partial charge in [-0.3, -0.25) is 0 Å². The van der Waals surface area contributed by atoms with Crippen LogP contribution in [0.15, 0.2) is 23.1 Å². The predicted molar refractivity (Wildman–Crippen MR) is 86.7 cm³/mol. The second-order valence-corrected chi connectivity index (χ2v) is 6.75. The number of rotatable bonds is 7. The highest BCUT2D eigenvalue weighted by atomic mass is 35.5. The Morgan fingerprint density at radius 2 is 2.05 bits per heavy atom. The molecule has 3 N–H and O–H groups in total. The van der Waals surface area contributed by atoms with E-state index < -0.39 is 10.0 Å². The van der Waals surface area contributed by atoms with Gasteiger partial charge in [0.25, 0.3) is 0 Å². The average molecular weight is 329 g/mol.